The number of nitrogens with zero attached hydrogens (tertiary/aromatic N) is 2. The monoisotopic (exact) mass is 422 g/mol. The third-order valence-electron chi connectivity index (χ3n) is 5.00. The second-order valence-electron chi connectivity index (χ2n) is 6.91. The van der Waals surface area contributed by atoms with Crippen LogP contribution in [0.5, 0.6) is 0 Å². The Morgan fingerprint density at radius 1 is 1.18 bits per heavy atom. The van der Waals surface area contributed by atoms with Gasteiger partial charge in [0.1, 0.15) is 0 Å². The van der Waals surface area contributed by atoms with Crippen LogP contribution in [0.25, 0.3) is 0 Å². The van der Waals surface area contributed by atoms with Crippen LogP contribution in [-0.2, 0) is 0 Å². The molecule has 1 saturated carbocycles. The normalized spacial score (nSPS) is 23.1. The van der Waals surface area contributed by atoms with Crippen LogP contribution >= 0.6 is 24.0 Å². The molecule has 0 amide bonds. The first-order valence-corrected chi connectivity index (χ1v) is 8.98. The second kappa shape index (κ2) is 10.7. The van der Waals surface area contributed by atoms with Crippen molar-refractivity contribution in [2.24, 2.45) is 10.9 Å². The molecule has 0 bridgehead atoms. The summed E-state index contributed by atoms with van der Waals surface area (Å²) >= 11 is 0. The van der Waals surface area contributed by atoms with Gasteiger partial charge in [0, 0.05) is 18.6 Å². The van der Waals surface area contributed by atoms with Crippen molar-refractivity contribution in [2.45, 2.75) is 71.4 Å². The first-order chi connectivity index (χ1) is 10.2. The van der Waals surface area contributed by atoms with Gasteiger partial charge in [-0.25, -0.2) is 0 Å². The molecule has 0 radical (unpaired) electrons. The zero-order valence-electron chi connectivity index (χ0n) is 14.6. The Hall–Kier alpha value is -0.0400. The SMILES string of the molecule is CCNC(=NCC(C)N1CCC(C)CC1)NC1CCCC1.I. The topological polar surface area (TPSA) is 39.7 Å². The van der Waals surface area contributed by atoms with Crippen LogP contribution in [0, 0.1) is 5.92 Å². The highest BCUT2D eigenvalue weighted by atomic mass is 127. The zero-order chi connectivity index (χ0) is 15.1. The minimum atomic E-state index is 0. The highest BCUT2D eigenvalue weighted by Crippen LogP contribution is 2.18. The Labute approximate surface area is 153 Å². The van der Waals surface area contributed by atoms with Gasteiger partial charge in [0.2, 0.25) is 0 Å². The number of halogens is 1. The highest BCUT2D eigenvalue weighted by Gasteiger charge is 2.20. The van der Waals surface area contributed by atoms with E-state index in [1.807, 2.05) is 0 Å². The molecular weight excluding hydrogens is 387 g/mol. The molecule has 1 unspecified atom stereocenters. The minimum Gasteiger partial charge on any atom is -0.357 e. The van der Waals surface area contributed by atoms with Crippen LogP contribution in [0.15, 0.2) is 4.99 Å². The van der Waals surface area contributed by atoms with E-state index < -0.39 is 0 Å². The predicted molar refractivity (Wildman–Crippen MR) is 106 cm³/mol. The van der Waals surface area contributed by atoms with E-state index in [0.29, 0.717) is 12.1 Å². The first-order valence-electron chi connectivity index (χ1n) is 8.98. The van der Waals surface area contributed by atoms with Gasteiger partial charge >= 0.3 is 0 Å². The number of piperidine rings is 1. The summed E-state index contributed by atoms with van der Waals surface area (Å²) in [5.74, 6) is 1.92. The molecule has 1 heterocycles. The van der Waals surface area contributed by atoms with Gasteiger partial charge < -0.3 is 10.6 Å². The molecule has 22 heavy (non-hydrogen) atoms. The van der Waals surface area contributed by atoms with Crippen molar-refractivity contribution in [3.63, 3.8) is 0 Å². The maximum absolute atomic E-state index is 4.82. The Balaban J connectivity index is 0.00000242. The summed E-state index contributed by atoms with van der Waals surface area (Å²) < 4.78 is 0. The summed E-state index contributed by atoms with van der Waals surface area (Å²) in [5.41, 5.74) is 0. The third kappa shape index (κ3) is 6.60. The van der Waals surface area contributed by atoms with Crippen LogP contribution in [0.1, 0.15) is 59.3 Å². The lowest BCUT2D eigenvalue weighted by Crippen LogP contribution is -2.44. The van der Waals surface area contributed by atoms with Crippen molar-refractivity contribution >= 4 is 29.9 Å². The van der Waals surface area contributed by atoms with E-state index in [4.69, 9.17) is 4.99 Å². The van der Waals surface area contributed by atoms with E-state index in [0.717, 1.165) is 25.0 Å². The number of likely N-dealkylation sites (tertiary alicyclic amines) is 1. The van der Waals surface area contributed by atoms with E-state index in [1.54, 1.807) is 0 Å². The maximum Gasteiger partial charge on any atom is 0.191 e. The van der Waals surface area contributed by atoms with Gasteiger partial charge in [0.05, 0.1) is 6.54 Å². The van der Waals surface area contributed by atoms with Crippen LogP contribution in [0.2, 0.25) is 0 Å². The Bertz CT molecular complexity index is 321. The summed E-state index contributed by atoms with van der Waals surface area (Å²) in [5, 5.41) is 7.00. The molecule has 2 N–H and O–H groups in total. The molecular formula is C17H35IN4. The lowest BCUT2D eigenvalue weighted by molar-refractivity contribution is 0.150. The van der Waals surface area contributed by atoms with Crippen LogP contribution in [0.4, 0.5) is 0 Å². The summed E-state index contributed by atoms with van der Waals surface area (Å²) in [7, 11) is 0. The van der Waals surface area contributed by atoms with Crippen LogP contribution in [0.3, 0.4) is 0 Å². The Morgan fingerprint density at radius 3 is 2.41 bits per heavy atom. The third-order valence-corrected chi connectivity index (χ3v) is 5.00. The minimum absolute atomic E-state index is 0. The first kappa shape index (κ1) is 20.0. The number of aliphatic imine (C=N–C) groups is 1. The number of hydrogen-bond donors (Lipinski definition) is 2. The van der Waals surface area contributed by atoms with Crippen molar-refractivity contribution in [3.05, 3.63) is 0 Å². The Morgan fingerprint density at radius 2 is 1.82 bits per heavy atom. The zero-order valence-corrected chi connectivity index (χ0v) is 16.9. The van der Waals surface area contributed by atoms with Gasteiger partial charge in [-0.05, 0) is 58.5 Å². The van der Waals surface area contributed by atoms with E-state index >= 15 is 0 Å². The van der Waals surface area contributed by atoms with Gasteiger partial charge in [-0.1, -0.05) is 19.8 Å². The molecule has 0 aromatic heterocycles. The second-order valence-corrected chi connectivity index (χ2v) is 6.91. The van der Waals surface area contributed by atoms with Crippen LogP contribution < -0.4 is 10.6 Å². The number of hydrogen-bond acceptors (Lipinski definition) is 2. The van der Waals surface area contributed by atoms with E-state index in [2.05, 4.69) is 36.3 Å². The van der Waals surface area contributed by atoms with Crippen molar-refractivity contribution < 1.29 is 0 Å². The van der Waals surface area contributed by atoms with Crippen molar-refractivity contribution in [1.29, 1.82) is 0 Å². The molecule has 0 aromatic rings. The lowest BCUT2D eigenvalue weighted by atomic mass is 9.98. The summed E-state index contributed by atoms with van der Waals surface area (Å²) in [6, 6.07) is 1.19. The molecule has 1 aliphatic carbocycles. The highest BCUT2D eigenvalue weighted by molar-refractivity contribution is 14.0. The number of guanidine groups is 1. The maximum atomic E-state index is 4.82. The van der Waals surface area contributed by atoms with Crippen molar-refractivity contribution in [1.82, 2.24) is 15.5 Å². The Kier molecular flexibility index (Phi) is 9.71. The van der Waals surface area contributed by atoms with Crippen molar-refractivity contribution in [2.75, 3.05) is 26.2 Å². The number of nitrogens with one attached hydrogen (secondary N) is 2. The van der Waals surface area contributed by atoms with E-state index in [1.165, 1.54) is 51.6 Å². The smallest absolute Gasteiger partial charge is 0.191 e. The molecule has 130 valence electrons. The average Bonchev–Trinajstić information content (AvgIpc) is 2.98. The van der Waals surface area contributed by atoms with Crippen molar-refractivity contribution in [3.8, 4) is 0 Å². The molecule has 2 rings (SSSR count). The van der Waals surface area contributed by atoms with Gasteiger partial charge in [0.25, 0.3) is 0 Å². The fourth-order valence-electron chi connectivity index (χ4n) is 3.39. The summed E-state index contributed by atoms with van der Waals surface area (Å²) in [6.45, 7) is 11.1. The number of rotatable bonds is 5. The van der Waals surface area contributed by atoms with Crippen LogP contribution in [-0.4, -0.2) is 49.1 Å². The molecule has 1 aliphatic heterocycles. The quantitative estimate of drug-likeness (QED) is 0.406. The molecule has 2 aliphatic rings. The van der Waals surface area contributed by atoms with E-state index in [-0.39, 0.29) is 24.0 Å². The predicted octanol–water partition coefficient (Wildman–Crippen LogP) is 3.22. The summed E-state index contributed by atoms with van der Waals surface area (Å²) in [6.07, 6.45) is 8.00. The van der Waals surface area contributed by atoms with Gasteiger partial charge in [-0.15, -0.1) is 24.0 Å². The molecule has 1 saturated heterocycles. The summed E-state index contributed by atoms with van der Waals surface area (Å²) in [4.78, 5) is 7.42. The fourth-order valence-corrected chi connectivity index (χ4v) is 3.39. The van der Waals surface area contributed by atoms with Gasteiger partial charge in [-0.3, -0.25) is 9.89 Å². The van der Waals surface area contributed by atoms with Gasteiger partial charge in [0.15, 0.2) is 5.96 Å². The standard InChI is InChI=1S/C17H34N4.HI/c1-4-18-17(20-16-7-5-6-8-16)19-13-15(3)21-11-9-14(2)10-12-21;/h14-16H,4-13H2,1-3H3,(H2,18,19,20);1H. The largest absolute Gasteiger partial charge is 0.357 e. The molecule has 1 atom stereocenters. The molecule has 4 nitrogen and oxygen atoms in total. The lowest BCUT2D eigenvalue weighted by Gasteiger charge is -2.34. The average molecular weight is 422 g/mol. The molecule has 0 spiro atoms. The fraction of sp³-hybridized carbons (Fsp3) is 0.941. The van der Waals surface area contributed by atoms with Gasteiger partial charge in [-0.2, -0.15) is 0 Å². The van der Waals surface area contributed by atoms with E-state index in [9.17, 15) is 0 Å². The molecule has 0 aromatic carbocycles. The molecule has 5 heteroatoms. The molecule has 2 fully saturated rings.